The molecule has 0 amide bonds. The molecular weight excluding hydrogens is 482 g/mol. The fourth-order valence-electron chi connectivity index (χ4n) is 3.18. The van der Waals surface area contributed by atoms with Gasteiger partial charge in [-0.15, -0.1) is 0 Å². The van der Waals surface area contributed by atoms with E-state index in [1.54, 1.807) is 25.1 Å². The molecule has 1 aromatic carbocycles. The van der Waals surface area contributed by atoms with Gasteiger partial charge in [-0.3, -0.25) is 14.4 Å². The van der Waals surface area contributed by atoms with Crippen LogP contribution in [0.3, 0.4) is 0 Å². The smallest absolute Gasteiger partial charge is 0.468 e. The Morgan fingerprint density at radius 3 is 2.08 bits per heavy atom. The number of esters is 3. The summed E-state index contributed by atoms with van der Waals surface area (Å²) in [6.07, 6.45) is 3.05. The van der Waals surface area contributed by atoms with E-state index in [1.807, 2.05) is 20.8 Å². The third kappa shape index (κ3) is 13.1. The Morgan fingerprint density at radius 2 is 1.51 bits per heavy atom. The molecule has 37 heavy (non-hydrogen) atoms. The van der Waals surface area contributed by atoms with E-state index in [0.717, 1.165) is 12.8 Å². The van der Waals surface area contributed by atoms with Crippen LogP contribution in [0.4, 0.5) is 4.79 Å². The van der Waals surface area contributed by atoms with Crippen molar-refractivity contribution in [1.82, 2.24) is 5.32 Å². The van der Waals surface area contributed by atoms with Crippen molar-refractivity contribution in [3.05, 3.63) is 23.8 Å². The van der Waals surface area contributed by atoms with Crippen molar-refractivity contribution in [3.63, 3.8) is 0 Å². The molecule has 0 aliphatic carbocycles. The summed E-state index contributed by atoms with van der Waals surface area (Å²) in [5.74, 6) is -1.11. The molecule has 0 heterocycles. The molecule has 0 saturated carbocycles. The van der Waals surface area contributed by atoms with E-state index in [1.165, 1.54) is 7.11 Å². The molecule has 10 nitrogen and oxygen atoms in total. The Morgan fingerprint density at radius 1 is 0.892 bits per heavy atom. The number of benzene rings is 1. The van der Waals surface area contributed by atoms with E-state index in [0.29, 0.717) is 24.8 Å². The number of hydrogen-bond acceptors (Lipinski definition) is 10. The summed E-state index contributed by atoms with van der Waals surface area (Å²) in [5.41, 5.74) is 0.644. The fraction of sp³-hybridized carbons (Fsp3) is 0.630. The molecule has 1 N–H and O–H groups in total. The Hall–Kier alpha value is -3.14. The number of methoxy groups -OCH3 is 1. The van der Waals surface area contributed by atoms with E-state index < -0.39 is 36.2 Å². The second kappa shape index (κ2) is 18.2. The normalized spacial score (nSPS) is 12.2. The molecule has 10 heteroatoms. The second-order valence-electron chi connectivity index (χ2n) is 8.65. The molecule has 208 valence electrons. The largest absolute Gasteiger partial charge is 0.508 e. The van der Waals surface area contributed by atoms with Crippen LogP contribution in [0.25, 0.3) is 0 Å². The first kappa shape index (κ1) is 31.9. The van der Waals surface area contributed by atoms with Crippen LogP contribution in [0, 0.1) is 0 Å². The van der Waals surface area contributed by atoms with Crippen LogP contribution in [-0.2, 0) is 35.0 Å². The maximum Gasteiger partial charge on any atom is 0.508 e. The van der Waals surface area contributed by atoms with Gasteiger partial charge in [0, 0.05) is 19.4 Å². The Labute approximate surface area is 219 Å². The van der Waals surface area contributed by atoms with E-state index >= 15 is 0 Å². The van der Waals surface area contributed by atoms with Crippen molar-refractivity contribution in [2.45, 2.75) is 91.2 Å². The van der Waals surface area contributed by atoms with E-state index in [9.17, 15) is 19.2 Å². The van der Waals surface area contributed by atoms with Crippen LogP contribution in [0.5, 0.6) is 11.5 Å². The predicted molar refractivity (Wildman–Crippen MR) is 136 cm³/mol. The Bertz CT molecular complexity index is 871. The van der Waals surface area contributed by atoms with Crippen LogP contribution in [0.15, 0.2) is 18.2 Å². The summed E-state index contributed by atoms with van der Waals surface area (Å²) in [6, 6.07) is 4.03. The quantitative estimate of drug-likeness (QED) is 0.230. The summed E-state index contributed by atoms with van der Waals surface area (Å²) in [5, 5.41) is 3.04. The highest BCUT2D eigenvalue weighted by Crippen LogP contribution is 2.30. The van der Waals surface area contributed by atoms with Crippen LogP contribution in [-0.4, -0.2) is 56.5 Å². The standard InChI is InChI=1S/C27H41NO9/c1-6-9-11-24(29)36-22-14-13-20(17-23(22)37-25(30)12-10-7-2)16-21(26(31)33-5)28-18-19(4)35-27(32)34-15-8-3/h13-14,17,19,21,28H,6-12,15-16,18H2,1-5H3/t19?,21-/m0/s1. The summed E-state index contributed by atoms with van der Waals surface area (Å²) in [7, 11) is 1.28. The lowest BCUT2D eigenvalue weighted by atomic mass is 10.0. The van der Waals surface area contributed by atoms with Crippen LogP contribution < -0.4 is 14.8 Å². The van der Waals surface area contributed by atoms with Crippen molar-refractivity contribution >= 4 is 24.1 Å². The molecule has 0 aromatic heterocycles. The topological polar surface area (TPSA) is 126 Å². The molecule has 1 unspecified atom stereocenters. The zero-order chi connectivity index (χ0) is 27.6. The fourth-order valence-corrected chi connectivity index (χ4v) is 3.18. The molecule has 0 bridgehead atoms. The average molecular weight is 524 g/mol. The van der Waals surface area contributed by atoms with Gasteiger partial charge in [-0.05, 0) is 50.3 Å². The van der Waals surface area contributed by atoms with Crippen molar-refractivity contribution in [2.24, 2.45) is 0 Å². The molecule has 2 atom stereocenters. The molecular formula is C27H41NO9. The summed E-state index contributed by atoms with van der Waals surface area (Å²) in [4.78, 5) is 48.5. The minimum Gasteiger partial charge on any atom is -0.468 e. The number of carbonyl (C=O) groups is 4. The lowest BCUT2D eigenvalue weighted by Crippen LogP contribution is -2.43. The minimum atomic E-state index is -0.774. The second-order valence-corrected chi connectivity index (χ2v) is 8.65. The molecule has 0 aliphatic rings. The van der Waals surface area contributed by atoms with Gasteiger partial charge in [0.25, 0.3) is 0 Å². The molecule has 1 rings (SSSR count). The van der Waals surface area contributed by atoms with Gasteiger partial charge in [0.2, 0.25) is 0 Å². The lowest BCUT2D eigenvalue weighted by Gasteiger charge is -2.20. The van der Waals surface area contributed by atoms with Crippen LogP contribution in [0.1, 0.15) is 78.2 Å². The van der Waals surface area contributed by atoms with Crippen molar-refractivity contribution in [1.29, 1.82) is 0 Å². The van der Waals surface area contributed by atoms with Gasteiger partial charge in [-0.1, -0.05) is 39.7 Å². The highest BCUT2D eigenvalue weighted by atomic mass is 16.7. The van der Waals surface area contributed by atoms with E-state index in [4.69, 9.17) is 23.7 Å². The number of unbranched alkanes of at least 4 members (excludes halogenated alkanes) is 2. The monoisotopic (exact) mass is 523 g/mol. The number of ether oxygens (including phenoxy) is 5. The molecule has 0 aliphatic heterocycles. The van der Waals surface area contributed by atoms with Gasteiger partial charge in [0.1, 0.15) is 12.1 Å². The molecule has 0 spiro atoms. The maximum absolute atomic E-state index is 12.4. The van der Waals surface area contributed by atoms with E-state index in [2.05, 4.69) is 5.32 Å². The molecule has 0 saturated heterocycles. The SMILES string of the molecule is CCCCC(=O)Oc1ccc(C[C@H](NCC(C)OC(=O)OCCC)C(=O)OC)cc1OC(=O)CCCC. The van der Waals surface area contributed by atoms with E-state index in [-0.39, 0.29) is 43.9 Å². The van der Waals surface area contributed by atoms with Gasteiger partial charge in [-0.2, -0.15) is 0 Å². The number of hydrogen-bond donors (Lipinski definition) is 1. The highest BCUT2D eigenvalue weighted by Gasteiger charge is 2.23. The highest BCUT2D eigenvalue weighted by molar-refractivity contribution is 5.77. The first-order valence-corrected chi connectivity index (χ1v) is 12.9. The lowest BCUT2D eigenvalue weighted by molar-refractivity contribution is -0.143. The third-order valence-corrected chi connectivity index (χ3v) is 5.22. The predicted octanol–water partition coefficient (Wildman–Crippen LogP) is 4.50. The number of rotatable bonds is 17. The first-order chi connectivity index (χ1) is 17.7. The average Bonchev–Trinajstić information content (AvgIpc) is 2.88. The molecule has 1 aromatic rings. The third-order valence-electron chi connectivity index (χ3n) is 5.22. The van der Waals surface area contributed by atoms with Gasteiger partial charge in [0.15, 0.2) is 11.5 Å². The zero-order valence-corrected chi connectivity index (χ0v) is 22.6. The molecule has 0 fully saturated rings. The van der Waals surface area contributed by atoms with Gasteiger partial charge in [0.05, 0.1) is 13.7 Å². The number of nitrogens with one attached hydrogen (secondary N) is 1. The van der Waals surface area contributed by atoms with Crippen LogP contribution in [0.2, 0.25) is 0 Å². The van der Waals surface area contributed by atoms with Gasteiger partial charge >= 0.3 is 24.1 Å². The maximum atomic E-state index is 12.4. The Balaban J connectivity index is 2.99. The summed E-state index contributed by atoms with van der Waals surface area (Å²) < 4.78 is 25.9. The number of carbonyl (C=O) groups excluding carboxylic acids is 4. The van der Waals surface area contributed by atoms with Crippen molar-refractivity contribution in [3.8, 4) is 11.5 Å². The first-order valence-electron chi connectivity index (χ1n) is 12.9. The Kier molecular flexibility index (Phi) is 15.6. The van der Waals surface area contributed by atoms with Gasteiger partial charge < -0.3 is 29.0 Å². The molecule has 0 radical (unpaired) electrons. The summed E-state index contributed by atoms with van der Waals surface area (Å²) in [6.45, 7) is 7.92. The van der Waals surface area contributed by atoms with Crippen molar-refractivity contribution < 1.29 is 42.9 Å². The zero-order valence-electron chi connectivity index (χ0n) is 22.6. The van der Waals surface area contributed by atoms with Crippen LogP contribution >= 0.6 is 0 Å². The van der Waals surface area contributed by atoms with Crippen molar-refractivity contribution in [2.75, 3.05) is 20.3 Å². The summed E-state index contributed by atoms with van der Waals surface area (Å²) >= 11 is 0. The van der Waals surface area contributed by atoms with Gasteiger partial charge in [-0.25, -0.2) is 4.79 Å². The minimum absolute atomic E-state index is 0.113.